The molecule has 1 saturated heterocycles. The van der Waals surface area contributed by atoms with Crippen LogP contribution >= 0.6 is 28.1 Å². The summed E-state index contributed by atoms with van der Waals surface area (Å²) in [4.78, 5) is 26.5. The van der Waals surface area contributed by atoms with E-state index in [4.69, 9.17) is 17.0 Å². The fourth-order valence-electron chi connectivity index (χ4n) is 3.39. The molecule has 0 bridgehead atoms. The predicted molar refractivity (Wildman–Crippen MR) is 124 cm³/mol. The van der Waals surface area contributed by atoms with Crippen molar-refractivity contribution in [1.82, 2.24) is 9.88 Å². The highest BCUT2D eigenvalue weighted by atomic mass is 79.9. The standard InChI is InChI=1S/C22H18BrN3O3S/c1-2-29-20(27)13-25-12-14(17-11-15(23)8-9-19(17)25)10-18-21(28)26(22(30)24-18)16-6-4-3-5-7-16/h3-12H,2,13H2,1H3,(H,24,30)/b18-10-. The van der Waals surface area contributed by atoms with Crippen LogP contribution in [0.2, 0.25) is 0 Å². The molecule has 1 fully saturated rings. The van der Waals surface area contributed by atoms with Gasteiger partial charge < -0.3 is 14.6 Å². The number of halogens is 1. The lowest BCUT2D eigenvalue weighted by Gasteiger charge is -2.13. The number of carbonyl (C=O) groups excluding carboxylic acids is 2. The number of thiocarbonyl (C=S) groups is 1. The van der Waals surface area contributed by atoms with E-state index in [9.17, 15) is 9.59 Å². The summed E-state index contributed by atoms with van der Waals surface area (Å²) in [5, 5.41) is 4.24. The summed E-state index contributed by atoms with van der Waals surface area (Å²) < 4.78 is 7.80. The van der Waals surface area contributed by atoms with Crippen LogP contribution < -0.4 is 10.2 Å². The number of nitrogens with one attached hydrogen (secondary N) is 1. The second-order valence-electron chi connectivity index (χ2n) is 6.64. The van der Waals surface area contributed by atoms with Crippen LogP contribution in [-0.4, -0.2) is 28.2 Å². The van der Waals surface area contributed by atoms with Gasteiger partial charge in [0, 0.05) is 27.1 Å². The summed E-state index contributed by atoms with van der Waals surface area (Å²) in [5.74, 6) is -0.546. The van der Waals surface area contributed by atoms with Crippen molar-refractivity contribution in [3.63, 3.8) is 0 Å². The Bertz CT molecular complexity index is 1190. The number of hydrogen-bond donors (Lipinski definition) is 1. The SMILES string of the molecule is CCOC(=O)Cn1cc(/C=C2\NC(=S)N(c3ccccc3)C2=O)c2cc(Br)ccc21. The van der Waals surface area contributed by atoms with Crippen molar-refractivity contribution in [2.75, 3.05) is 11.5 Å². The average molecular weight is 484 g/mol. The molecule has 1 aliphatic heterocycles. The van der Waals surface area contributed by atoms with Gasteiger partial charge in [0.1, 0.15) is 12.2 Å². The minimum Gasteiger partial charge on any atom is -0.465 e. The van der Waals surface area contributed by atoms with Crippen molar-refractivity contribution in [2.24, 2.45) is 0 Å². The Morgan fingerprint density at radius 3 is 2.73 bits per heavy atom. The maximum Gasteiger partial charge on any atom is 0.325 e. The van der Waals surface area contributed by atoms with Crippen molar-refractivity contribution in [3.8, 4) is 0 Å². The minimum absolute atomic E-state index is 0.0884. The van der Waals surface area contributed by atoms with E-state index in [2.05, 4.69) is 21.2 Å². The van der Waals surface area contributed by atoms with E-state index in [1.807, 2.05) is 59.3 Å². The van der Waals surface area contributed by atoms with Crippen molar-refractivity contribution in [3.05, 3.63) is 70.5 Å². The lowest BCUT2D eigenvalue weighted by atomic mass is 10.1. The Labute approximate surface area is 187 Å². The molecular formula is C22H18BrN3O3S. The van der Waals surface area contributed by atoms with E-state index >= 15 is 0 Å². The summed E-state index contributed by atoms with van der Waals surface area (Å²) in [7, 11) is 0. The molecule has 0 saturated carbocycles. The van der Waals surface area contributed by atoms with Crippen LogP contribution in [-0.2, 0) is 20.9 Å². The van der Waals surface area contributed by atoms with Crippen LogP contribution in [0.25, 0.3) is 17.0 Å². The fraction of sp³-hybridized carbons (Fsp3) is 0.136. The number of benzene rings is 2. The zero-order valence-corrected chi connectivity index (χ0v) is 18.5. The smallest absolute Gasteiger partial charge is 0.325 e. The zero-order valence-electron chi connectivity index (χ0n) is 16.1. The third-order valence-corrected chi connectivity index (χ3v) is 5.45. The number of hydrogen-bond acceptors (Lipinski definition) is 4. The van der Waals surface area contributed by atoms with Gasteiger partial charge in [0.15, 0.2) is 5.11 Å². The first-order valence-electron chi connectivity index (χ1n) is 9.34. The number of aromatic nitrogens is 1. The van der Waals surface area contributed by atoms with Crippen LogP contribution in [0.1, 0.15) is 12.5 Å². The average Bonchev–Trinajstić information content (AvgIpc) is 3.19. The molecule has 0 spiro atoms. The van der Waals surface area contributed by atoms with E-state index in [-0.39, 0.29) is 18.4 Å². The number of para-hydroxylation sites is 1. The number of amides is 1. The normalized spacial score (nSPS) is 15.1. The van der Waals surface area contributed by atoms with Gasteiger partial charge in [0.05, 0.1) is 12.3 Å². The molecule has 1 aromatic heterocycles. The summed E-state index contributed by atoms with van der Waals surface area (Å²) in [5.41, 5.74) is 2.74. The number of esters is 1. The van der Waals surface area contributed by atoms with Crippen molar-refractivity contribution in [2.45, 2.75) is 13.5 Å². The van der Waals surface area contributed by atoms with Crippen LogP contribution in [0, 0.1) is 0 Å². The maximum atomic E-state index is 13.0. The first-order valence-corrected chi connectivity index (χ1v) is 10.5. The van der Waals surface area contributed by atoms with E-state index in [1.54, 1.807) is 13.0 Å². The van der Waals surface area contributed by atoms with Gasteiger partial charge in [-0.25, -0.2) is 0 Å². The summed E-state index contributed by atoms with van der Waals surface area (Å²) in [6.07, 6.45) is 3.60. The lowest BCUT2D eigenvalue weighted by Crippen LogP contribution is -2.30. The molecule has 6 nitrogen and oxygen atoms in total. The molecule has 0 atom stereocenters. The fourth-order valence-corrected chi connectivity index (χ4v) is 4.05. The van der Waals surface area contributed by atoms with Crippen molar-refractivity contribution >= 4 is 67.8 Å². The molecule has 4 rings (SSSR count). The first kappa shape index (κ1) is 20.3. The highest BCUT2D eigenvalue weighted by Crippen LogP contribution is 2.29. The zero-order chi connectivity index (χ0) is 21.3. The molecule has 3 aromatic rings. The highest BCUT2D eigenvalue weighted by molar-refractivity contribution is 9.10. The molecule has 1 amide bonds. The number of rotatable bonds is 5. The molecule has 1 N–H and O–H groups in total. The quantitative estimate of drug-likeness (QED) is 0.334. The molecule has 0 aliphatic carbocycles. The third kappa shape index (κ3) is 3.88. The van der Waals surface area contributed by atoms with Crippen molar-refractivity contribution in [1.29, 1.82) is 0 Å². The Morgan fingerprint density at radius 2 is 2.00 bits per heavy atom. The molecule has 0 radical (unpaired) electrons. The van der Waals surface area contributed by atoms with Crippen molar-refractivity contribution < 1.29 is 14.3 Å². The van der Waals surface area contributed by atoms with E-state index in [0.717, 1.165) is 20.9 Å². The monoisotopic (exact) mass is 483 g/mol. The van der Waals surface area contributed by atoms with Gasteiger partial charge in [-0.2, -0.15) is 0 Å². The molecule has 0 unspecified atom stereocenters. The third-order valence-electron chi connectivity index (χ3n) is 4.67. The number of ether oxygens (including phenoxy) is 1. The molecule has 30 heavy (non-hydrogen) atoms. The molecule has 1 aliphatic rings. The molecule has 2 heterocycles. The van der Waals surface area contributed by atoms with Crippen LogP contribution in [0.15, 0.2) is 64.9 Å². The molecular weight excluding hydrogens is 466 g/mol. The topological polar surface area (TPSA) is 63.6 Å². The van der Waals surface area contributed by atoms with E-state index in [0.29, 0.717) is 23.1 Å². The largest absolute Gasteiger partial charge is 0.465 e. The van der Waals surface area contributed by atoms with Crippen LogP contribution in [0.5, 0.6) is 0 Å². The number of carbonyl (C=O) groups is 2. The van der Waals surface area contributed by atoms with Gasteiger partial charge in [-0.1, -0.05) is 34.1 Å². The first-order chi connectivity index (χ1) is 14.5. The lowest BCUT2D eigenvalue weighted by molar-refractivity contribution is -0.143. The van der Waals surface area contributed by atoms with E-state index in [1.165, 1.54) is 4.90 Å². The molecule has 8 heteroatoms. The Balaban J connectivity index is 1.73. The predicted octanol–water partition coefficient (Wildman–Crippen LogP) is 4.23. The highest BCUT2D eigenvalue weighted by Gasteiger charge is 2.32. The van der Waals surface area contributed by atoms with E-state index < -0.39 is 0 Å². The second kappa shape index (κ2) is 8.41. The minimum atomic E-state index is -0.317. The van der Waals surface area contributed by atoms with Gasteiger partial charge in [-0.05, 0) is 55.5 Å². The van der Waals surface area contributed by atoms with Crippen LogP contribution in [0.4, 0.5) is 5.69 Å². The number of nitrogens with zero attached hydrogens (tertiary/aromatic N) is 2. The summed E-state index contributed by atoms with van der Waals surface area (Å²) in [6, 6.07) is 15.0. The summed E-state index contributed by atoms with van der Waals surface area (Å²) >= 11 is 8.87. The number of anilines is 1. The van der Waals surface area contributed by atoms with Gasteiger partial charge >= 0.3 is 5.97 Å². The Kier molecular flexibility index (Phi) is 5.69. The Morgan fingerprint density at radius 1 is 1.23 bits per heavy atom. The number of fused-ring (bicyclic) bond motifs is 1. The van der Waals surface area contributed by atoms with Crippen LogP contribution in [0.3, 0.4) is 0 Å². The van der Waals surface area contributed by atoms with Gasteiger partial charge in [-0.15, -0.1) is 0 Å². The van der Waals surface area contributed by atoms with Gasteiger partial charge in [0.2, 0.25) is 0 Å². The Hall–Kier alpha value is -2.97. The van der Waals surface area contributed by atoms with Gasteiger partial charge in [-0.3, -0.25) is 14.5 Å². The second-order valence-corrected chi connectivity index (χ2v) is 7.95. The van der Waals surface area contributed by atoms with Gasteiger partial charge in [0.25, 0.3) is 5.91 Å². The molecule has 152 valence electrons. The molecule has 2 aromatic carbocycles. The maximum absolute atomic E-state index is 13.0. The summed E-state index contributed by atoms with van der Waals surface area (Å²) in [6.45, 7) is 2.19.